The van der Waals surface area contributed by atoms with Gasteiger partial charge in [-0.3, -0.25) is 0 Å². The van der Waals surface area contributed by atoms with E-state index in [0.717, 1.165) is 16.7 Å². The molecule has 1 atom stereocenters. The number of nitrogens with one attached hydrogen (secondary N) is 1. The lowest BCUT2D eigenvalue weighted by Crippen LogP contribution is -2.27. The Labute approximate surface area is 131 Å². The van der Waals surface area contributed by atoms with Gasteiger partial charge in [-0.15, -0.1) is 0 Å². The van der Waals surface area contributed by atoms with E-state index in [4.69, 9.17) is 11.6 Å². The fourth-order valence-electron chi connectivity index (χ4n) is 2.20. The van der Waals surface area contributed by atoms with E-state index < -0.39 is 10.0 Å². The number of hydrogen-bond acceptors (Lipinski definition) is 2. The van der Waals surface area contributed by atoms with Crippen molar-refractivity contribution in [3.05, 3.63) is 64.2 Å². The summed E-state index contributed by atoms with van der Waals surface area (Å²) in [6.45, 7) is 5.81. The van der Waals surface area contributed by atoms with Crippen LogP contribution in [0.2, 0.25) is 5.02 Å². The van der Waals surface area contributed by atoms with Crippen LogP contribution >= 0.6 is 11.6 Å². The summed E-state index contributed by atoms with van der Waals surface area (Å²) in [4.78, 5) is 0.212. The summed E-state index contributed by atoms with van der Waals surface area (Å²) in [6, 6.07) is 11.9. The van der Waals surface area contributed by atoms with Gasteiger partial charge >= 0.3 is 0 Å². The zero-order chi connectivity index (χ0) is 15.6. The molecule has 0 aliphatic rings. The molecule has 2 aromatic carbocycles. The SMILES string of the molecule is Cc1ccc(C)c([C@@H](C)NS(=O)(=O)c2ccc(Cl)cc2)c1. The van der Waals surface area contributed by atoms with Crippen molar-refractivity contribution in [3.8, 4) is 0 Å². The van der Waals surface area contributed by atoms with Gasteiger partial charge in [0.1, 0.15) is 0 Å². The largest absolute Gasteiger partial charge is 0.241 e. The van der Waals surface area contributed by atoms with Gasteiger partial charge in [0, 0.05) is 11.1 Å². The van der Waals surface area contributed by atoms with Crippen LogP contribution in [0.4, 0.5) is 0 Å². The minimum atomic E-state index is -3.56. The molecule has 2 aromatic rings. The van der Waals surface area contributed by atoms with Crippen LogP contribution in [0.15, 0.2) is 47.4 Å². The van der Waals surface area contributed by atoms with Gasteiger partial charge in [-0.05, 0) is 56.2 Å². The second kappa shape index (κ2) is 6.18. The number of sulfonamides is 1. The Morgan fingerprint density at radius 1 is 1.05 bits per heavy atom. The third kappa shape index (κ3) is 3.84. The fourth-order valence-corrected chi connectivity index (χ4v) is 3.55. The molecule has 1 N–H and O–H groups in total. The number of halogens is 1. The summed E-state index contributed by atoms with van der Waals surface area (Å²) >= 11 is 5.79. The predicted molar refractivity (Wildman–Crippen MR) is 86.1 cm³/mol. The van der Waals surface area contributed by atoms with Gasteiger partial charge in [-0.2, -0.15) is 0 Å². The van der Waals surface area contributed by atoms with Crippen LogP contribution in [0.5, 0.6) is 0 Å². The molecule has 0 spiro atoms. The van der Waals surface area contributed by atoms with Gasteiger partial charge in [0.15, 0.2) is 0 Å². The monoisotopic (exact) mass is 323 g/mol. The Kier molecular flexibility index (Phi) is 4.71. The first-order chi connectivity index (χ1) is 9.79. The molecule has 112 valence electrons. The van der Waals surface area contributed by atoms with Crippen LogP contribution < -0.4 is 4.72 Å². The Morgan fingerprint density at radius 3 is 2.29 bits per heavy atom. The minimum Gasteiger partial charge on any atom is -0.207 e. The quantitative estimate of drug-likeness (QED) is 0.924. The molecule has 2 rings (SSSR count). The Balaban J connectivity index is 2.27. The maximum atomic E-state index is 12.4. The molecule has 0 radical (unpaired) electrons. The number of aryl methyl sites for hydroxylation is 2. The van der Waals surface area contributed by atoms with Crippen molar-refractivity contribution in [1.82, 2.24) is 4.72 Å². The maximum Gasteiger partial charge on any atom is 0.241 e. The summed E-state index contributed by atoms with van der Waals surface area (Å²) in [7, 11) is -3.56. The normalized spacial score (nSPS) is 13.1. The molecular formula is C16H18ClNO2S. The lowest BCUT2D eigenvalue weighted by molar-refractivity contribution is 0.566. The summed E-state index contributed by atoms with van der Waals surface area (Å²) in [5.41, 5.74) is 3.15. The molecule has 0 aliphatic carbocycles. The highest BCUT2D eigenvalue weighted by molar-refractivity contribution is 7.89. The molecule has 0 fully saturated rings. The van der Waals surface area contributed by atoms with Crippen LogP contribution in [0, 0.1) is 13.8 Å². The van der Waals surface area contributed by atoms with Crippen molar-refractivity contribution in [2.75, 3.05) is 0 Å². The van der Waals surface area contributed by atoms with Gasteiger partial charge in [-0.1, -0.05) is 35.4 Å². The zero-order valence-corrected chi connectivity index (χ0v) is 13.8. The third-order valence-corrected chi connectivity index (χ3v) is 5.17. The van der Waals surface area contributed by atoms with E-state index in [1.54, 1.807) is 12.1 Å². The van der Waals surface area contributed by atoms with Gasteiger partial charge in [0.05, 0.1) is 4.90 Å². The molecule has 3 nitrogen and oxygen atoms in total. The standard InChI is InChI=1S/C16H18ClNO2S/c1-11-4-5-12(2)16(10-11)13(3)18-21(19,20)15-8-6-14(17)7-9-15/h4-10,13,18H,1-3H3/t13-/m1/s1. The molecule has 0 heterocycles. The van der Waals surface area contributed by atoms with Crippen molar-refractivity contribution in [2.24, 2.45) is 0 Å². The maximum absolute atomic E-state index is 12.4. The number of hydrogen-bond donors (Lipinski definition) is 1. The molecule has 0 amide bonds. The van der Waals surface area contributed by atoms with Gasteiger partial charge < -0.3 is 0 Å². The first-order valence-corrected chi connectivity index (χ1v) is 8.51. The van der Waals surface area contributed by atoms with E-state index in [9.17, 15) is 8.42 Å². The van der Waals surface area contributed by atoms with Crippen molar-refractivity contribution < 1.29 is 8.42 Å². The molecule has 0 saturated heterocycles. The first-order valence-electron chi connectivity index (χ1n) is 6.64. The zero-order valence-electron chi connectivity index (χ0n) is 12.2. The summed E-state index contributed by atoms with van der Waals surface area (Å²) in [5, 5.41) is 0.511. The highest BCUT2D eigenvalue weighted by Gasteiger charge is 2.19. The van der Waals surface area contributed by atoms with E-state index in [2.05, 4.69) is 4.72 Å². The molecule has 5 heteroatoms. The molecular weight excluding hydrogens is 306 g/mol. The van der Waals surface area contributed by atoms with Gasteiger partial charge in [0.2, 0.25) is 10.0 Å². The highest BCUT2D eigenvalue weighted by atomic mass is 35.5. The Hall–Kier alpha value is -1.36. The van der Waals surface area contributed by atoms with Crippen LogP contribution in [0.25, 0.3) is 0 Å². The smallest absolute Gasteiger partial charge is 0.207 e. The van der Waals surface area contributed by atoms with Crippen LogP contribution in [0.3, 0.4) is 0 Å². The summed E-state index contributed by atoms with van der Waals surface area (Å²) < 4.78 is 27.4. The van der Waals surface area contributed by atoms with E-state index in [1.165, 1.54) is 12.1 Å². The minimum absolute atomic E-state index is 0.212. The number of rotatable bonds is 4. The summed E-state index contributed by atoms with van der Waals surface area (Å²) in [5.74, 6) is 0. The lowest BCUT2D eigenvalue weighted by Gasteiger charge is -2.17. The Bertz CT molecular complexity index is 739. The van der Waals surface area contributed by atoms with Crippen molar-refractivity contribution in [3.63, 3.8) is 0 Å². The second-order valence-corrected chi connectivity index (χ2v) is 7.31. The predicted octanol–water partition coefficient (Wildman–Crippen LogP) is 4.00. The van der Waals surface area contributed by atoms with Crippen LogP contribution in [0.1, 0.15) is 29.7 Å². The van der Waals surface area contributed by atoms with E-state index in [-0.39, 0.29) is 10.9 Å². The van der Waals surface area contributed by atoms with Crippen molar-refractivity contribution in [2.45, 2.75) is 31.7 Å². The van der Waals surface area contributed by atoms with E-state index in [1.807, 2.05) is 39.0 Å². The van der Waals surface area contributed by atoms with E-state index >= 15 is 0 Å². The average molecular weight is 324 g/mol. The van der Waals surface area contributed by atoms with Crippen LogP contribution in [-0.2, 0) is 10.0 Å². The molecule has 0 aromatic heterocycles. The van der Waals surface area contributed by atoms with Crippen molar-refractivity contribution >= 4 is 21.6 Å². The number of benzene rings is 2. The molecule has 21 heavy (non-hydrogen) atoms. The highest BCUT2D eigenvalue weighted by Crippen LogP contribution is 2.22. The molecule has 0 aliphatic heterocycles. The van der Waals surface area contributed by atoms with Gasteiger partial charge in [-0.25, -0.2) is 13.1 Å². The van der Waals surface area contributed by atoms with E-state index in [0.29, 0.717) is 5.02 Å². The molecule has 0 bridgehead atoms. The summed E-state index contributed by atoms with van der Waals surface area (Å²) in [6.07, 6.45) is 0. The first kappa shape index (κ1) is 16.0. The lowest BCUT2D eigenvalue weighted by atomic mass is 10.0. The molecule has 0 unspecified atom stereocenters. The topological polar surface area (TPSA) is 46.2 Å². The second-order valence-electron chi connectivity index (χ2n) is 5.16. The van der Waals surface area contributed by atoms with Crippen molar-refractivity contribution in [1.29, 1.82) is 0 Å². The molecule has 0 saturated carbocycles. The fraction of sp³-hybridized carbons (Fsp3) is 0.250. The average Bonchev–Trinajstić information content (AvgIpc) is 2.41. The Morgan fingerprint density at radius 2 is 1.67 bits per heavy atom. The van der Waals surface area contributed by atoms with Gasteiger partial charge in [0.25, 0.3) is 0 Å². The van der Waals surface area contributed by atoms with Crippen LogP contribution in [-0.4, -0.2) is 8.42 Å². The third-order valence-electron chi connectivity index (χ3n) is 3.36.